The molecule has 0 aromatic carbocycles. The Kier molecular flexibility index (Phi) is 52.0. The lowest BCUT2D eigenvalue weighted by atomic mass is 10.0. The first-order chi connectivity index (χ1) is 36.4. The van der Waals surface area contributed by atoms with E-state index < -0.39 is 32.7 Å². The monoisotopic (exact) mass is 1070 g/mol. The SMILES string of the molecule is C/C=C/CC/C=C/CC/C=C/CCCC(O)C(O)C(COP(=O)(O)OCC[N+](C)(C)C)NC(=O)CCCCCCCCCCCCCCCCCCC/C=C\C/C=C\C/C=C\C/C=C\C/C=C\C/C=C\C/C=C\CC. The number of hydrogen-bond acceptors (Lipinski definition) is 6. The number of nitrogens with one attached hydrogen (secondary N) is 1. The minimum Gasteiger partial charge on any atom is -0.390 e. The topological polar surface area (TPSA) is 125 Å². The van der Waals surface area contributed by atoms with Gasteiger partial charge in [-0.05, 0) is 116 Å². The minimum atomic E-state index is -4.44. The molecule has 1 amide bonds. The third-order valence-electron chi connectivity index (χ3n) is 12.8. The fourth-order valence-corrected chi connectivity index (χ4v) is 8.90. The van der Waals surface area contributed by atoms with E-state index in [1.165, 1.54) is 89.9 Å². The zero-order chi connectivity index (χ0) is 55.0. The van der Waals surface area contributed by atoms with Crippen molar-refractivity contribution in [1.29, 1.82) is 0 Å². The molecule has 75 heavy (non-hydrogen) atoms. The number of amides is 1. The first-order valence-electron chi connectivity index (χ1n) is 30.0. The molecule has 4 atom stereocenters. The van der Waals surface area contributed by atoms with E-state index in [1.807, 2.05) is 28.1 Å². The second-order valence-corrected chi connectivity index (χ2v) is 22.6. The third kappa shape index (κ3) is 55.4. The second kappa shape index (κ2) is 54.2. The molecule has 430 valence electrons. The van der Waals surface area contributed by atoms with Crippen molar-refractivity contribution in [3.05, 3.63) is 122 Å². The molecule has 0 aliphatic heterocycles. The number of phosphoric acid groups is 1. The molecule has 4 N–H and O–H groups in total. The van der Waals surface area contributed by atoms with Crippen LogP contribution >= 0.6 is 7.82 Å². The summed E-state index contributed by atoms with van der Waals surface area (Å²) >= 11 is 0. The van der Waals surface area contributed by atoms with E-state index in [4.69, 9.17) is 9.05 Å². The molecular weight excluding hydrogens is 952 g/mol. The Bertz CT molecular complexity index is 1650. The standard InChI is InChI=1S/C65H113N2O7P/c1-6-8-10-12-14-16-18-20-21-22-23-24-25-26-27-28-29-30-31-32-33-34-35-36-37-38-39-40-41-42-43-44-45-46-48-50-52-54-56-58-64(69)66-62(61-74-75(71,72)73-60-59-67(3,4)5)65(70)63(68)57-55-53-51-49-47-19-17-15-13-11-9-7-2/h7-10,14-17,20-21,23-24,26-27,29-30,32-33,49,51,62-63,65,68,70H,6,11-13,18-19,22,25,28,31,34-48,50,52-61H2,1-5H3,(H-,66,69,71,72)/p+1/b9-7+,10-8-,16-14-,17-15+,21-20-,24-23-,27-26-,30-29-,33-32-,51-49+. The van der Waals surface area contributed by atoms with Gasteiger partial charge in [0.05, 0.1) is 39.9 Å². The maximum Gasteiger partial charge on any atom is 0.472 e. The molecule has 4 unspecified atom stereocenters. The van der Waals surface area contributed by atoms with E-state index in [0.29, 0.717) is 30.3 Å². The fraction of sp³-hybridized carbons (Fsp3) is 0.677. The predicted molar refractivity (Wildman–Crippen MR) is 324 cm³/mol. The quantitative estimate of drug-likeness (QED) is 0.0207. The van der Waals surface area contributed by atoms with Crippen LogP contribution in [-0.2, 0) is 18.4 Å². The van der Waals surface area contributed by atoms with Crippen LogP contribution in [-0.4, -0.2) is 84.6 Å². The van der Waals surface area contributed by atoms with Crippen LogP contribution in [0.2, 0.25) is 0 Å². The number of aliphatic hydroxyl groups is 2. The Hall–Kier alpha value is -3.14. The molecular formula is C65H114N2O7P+. The van der Waals surface area contributed by atoms with Crippen molar-refractivity contribution in [2.75, 3.05) is 40.9 Å². The highest BCUT2D eigenvalue weighted by molar-refractivity contribution is 7.47. The van der Waals surface area contributed by atoms with Crippen LogP contribution in [0.3, 0.4) is 0 Å². The summed E-state index contributed by atoms with van der Waals surface area (Å²) < 4.78 is 23.6. The van der Waals surface area contributed by atoms with Crippen molar-refractivity contribution in [3.63, 3.8) is 0 Å². The first-order valence-corrected chi connectivity index (χ1v) is 31.4. The Morgan fingerprint density at radius 2 is 0.853 bits per heavy atom. The maximum atomic E-state index is 13.0. The van der Waals surface area contributed by atoms with Crippen molar-refractivity contribution in [3.8, 4) is 0 Å². The number of hydrogen-bond donors (Lipinski definition) is 4. The number of allylic oxidation sites excluding steroid dienone is 20. The van der Waals surface area contributed by atoms with Gasteiger partial charge in [0.2, 0.25) is 5.91 Å². The van der Waals surface area contributed by atoms with Gasteiger partial charge in [0.25, 0.3) is 0 Å². The van der Waals surface area contributed by atoms with E-state index in [-0.39, 0.29) is 18.9 Å². The molecule has 0 saturated heterocycles. The van der Waals surface area contributed by atoms with Gasteiger partial charge in [0.1, 0.15) is 19.3 Å². The number of rotatable bonds is 53. The van der Waals surface area contributed by atoms with Gasteiger partial charge in [-0.1, -0.05) is 225 Å². The molecule has 10 heteroatoms. The predicted octanol–water partition coefficient (Wildman–Crippen LogP) is 17.5. The lowest BCUT2D eigenvalue weighted by Gasteiger charge is -2.28. The zero-order valence-corrected chi connectivity index (χ0v) is 49.5. The Morgan fingerprint density at radius 1 is 0.493 bits per heavy atom. The molecule has 0 fully saturated rings. The van der Waals surface area contributed by atoms with Crippen LogP contribution in [0, 0.1) is 0 Å². The summed E-state index contributed by atoms with van der Waals surface area (Å²) in [4.78, 5) is 23.3. The van der Waals surface area contributed by atoms with E-state index in [2.05, 4.69) is 134 Å². The number of nitrogens with zero attached hydrogens (tertiary/aromatic N) is 1. The summed E-state index contributed by atoms with van der Waals surface area (Å²) in [6, 6.07) is -1.06. The first kappa shape index (κ1) is 71.9. The molecule has 0 rings (SSSR count). The van der Waals surface area contributed by atoms with Crippen molar-refractivity contribution >= 4 is 13.7 Å². The fourth-order valence-electron chi connectivity index (χ4n) is 8.16. The van der Waals surface area contributed by atoms with Gasteiger partial charge < -0.3 is 24.9 Å². The van der Waals surface area contributed by atoms with Crippen LogP contribution in [0.25, 0.3) is 0 Å². The van der Waals surface area contributed by atoms with Gasteiger partial charge in [0.15, 0.2) is 0 Å². The average molecular weight is 1070 g/mol. The molecule has 0 radical (unpaired) electrons. The zero-order valence-electron chi connectivity index (χ0n) is 48.6. The molecule has 0 heterocycles. The molecule has 0 bridgehead atoms. The highest BCUT2D eigenvalue weighted by atomic mass is 31.2. The normalized spacial score (nSPS) is 15.1. The molecule has 0 aliphatic rings. The number of phosphoric ester groups is 1. The van der Waals surface area contributed by atoms with Gasteiger partial charge in [-0.25, -0.2) is 4.57 Å². The molecule has 9 nitrogen and oxygen atoms in total. The highest BCUT2D eigenvalue weighted by Crippen LogP contribution is 2.43. The van der Waals surface area contributed by atoms with Crippen molar-refractivity contribution in [2.24, 2.45) is 0 Å². The van der Waals surface area contributed by atoms with Crippen molar-refractivity contribution in [2.45, 2.75) is 244 Å². The van der Waals surface area contributed by atoms with Crippen LogP contribution in [0.1, 0.15) is 226 Å². The van der Waals surface area contributed by atoms with Crippen LogP contribution in [0.4, 0.5) is 0 Å². The smallest absolute Gasteiger partial charge is 0.390 e. The summed E-state index contributed by atoms with van der Waals surface area (Å²) in [6.07, 6.45) is 77.5. The molecule has 0 aromatic heterocycles. The number of aliphatic hydroxyl groups excluding tert-OH is 2. The maximum absolute atomic E-state index is 13.0. The largest absolute Gasteiger partial charge is 0.472 e. The summed E-state index contributed by atoms with van der Waals surface area (Å²) in [5.74, 6) is -0.278. The molecule has 0 saturated carbocycles. The van der Waals surface area contributed by atoms with Gasteiger partial charge in [0, 0.05) is 6.42 Å². The van der Waals surface area contributed by atoms with Gasteiger partial charge >= 0.3 is 7.82 Å². The van der Waals surface area contributed by atoms with E-state index in [1.54, 1.807) is 0 Å². The molecule has 0 aliphatic carbocycles. The lowest BCUT2D eigenvalue weighted by Crippen LogP contribution is -2.51. The lowest BCUT2D eigenvalue weighted by molar-refractivity contribution is -0.870. The van der Waals surface area contributed by atoms with Crippen LogP contribution in [0.5, 0.6) is 0 Å². The Balaban J connectivity index is 4.06. The van der Waals surface area contributed by atoms with E-state index in [0.717, 1.165) is 96.3 Å². The number of carbonyl (C=O) groups is 1. The van der Waals surface area contributed by atoms with E-state index >= 15 is 0 Å². The molecule has 0 aromatic rings. The summed E-state index contributed by atoms with van der Waals surface area (Å²) in [5, 5.41) is 24.7. The highest BCUT2D eigenvalue weighted by Gasteiger charge is 2.31. The third-order valence-corrected chi connectivity index (χ3v) is 13.8. The number of quaternary nitrogens is 1. The Morgan fingerprint density at radius 3 is 1.28 bits per heavy atom. The average Bonchev–Trinajstić information content (AvgIpc) is 3.37. The Labute approximate surface area is 461 Å². The number of likely N-dealkylation sites (N-methyl/N-ethyl adjacent to an activating group) is 1. The van der Waals surface area contributed by atoms with Gasteiger partial charge in [-0.2, -0.15) is 0 Å². The minimum absolute atomic E-state index is 0.00813. The van der Waals surface area contributed by atoms with Crippen molar-refractivity contribution in [1.82, 2.24) is 5.32 Å². The number of carbonyl (C=O) groups excluding carboxylic acids is 1. The van der Waals surface area contributed by atoms with Gasteiger partial charge in [-0.3, -0.25) is 13.8 Å². The van der Waals surface area contributed by atoms with E-state index in [9.17, 15) is 24.5 Å². The summed E-state index contributed by atoms with van der Waals surface area (Å²) in [5.41, 5.74) is 0. The summed E-state index contributed by atoms with van der Waals surface area (Å²) in [6.45, 7) is 4.24. The van der Waals surface area contributed by atoms with Crippen LogP contribution < -0.4 is 5.32 Å². The summed E-state index contributed by atoms with van der Waals surface area (Å²) in [7, 11) is 1.39. The number of unbranched alkanes of at least 4 members (excludes halogenated alkanes) is 20. The molecule has 0 spiro atoms. The van der Waals surface area contributed by atoms with Crippen molar-refractivity contribution < 1.29 is 38.0 Å². The van der Waals surface area contributed by atoms with Gasteiger partial charge in [-0.15, -0.1) is 0 Å². The van der Waals surface area contributed by atoms with Crippen LogP contribution in [0.15, 0.2) is 122 Å². The second-order valence-electron chi connectivity index (χ2n) is 21.1.